The standard InChI is InChI=1S/C11H20BrNO2/c1-9(4-5-12)8-13-11(14)7-10-3-2-6-15-10/h9-10H,2-8H2,1H3,(H,13,14). The van der Waals surface area contributed by atoms with Crippen molar-refractivity contribution in [3.05, 3.63) is 0 Å². The molecule has 1 aliphatic heterocycles. The molecular formula is C11H20BrNO2. The zero-order valence-electron chi connectivity index (χ0n) is 9.30. The quantitative estimate of drug-likeness (QED) is 0.756. The lowest BCUT2D eigenvalue weighted by Crippen LogP contribution is -2.31. The highest BCUT2D eigenvalue weighted by Gasteiger charge is 2.18. The van der Waals surface area contributed by atoms with Gasteiger partial charge in [0.1, 0.15) is 0 Å². The van der Waals surface area contributed by atoms with Crippen LogP contribution >= 0.6 is 15.9 Å². The maximum atomic E-state index is 11.5. The van der Waals surface area contributed by atoms with Crippen LogP contribution in [0.3, 0.4) is 0 Å². The molecule has 1 N–H and O–H groups in total. The fraction of sp³-hybridized carbons (Fsp3) is 0.909. The monoisotopic (exact) mass is 277 g/mol. The van der Waals surface area contributed by atoms with Crippen molar-refractivity contribution in [3.8, 4) is 0 Å². The van der Waals surface area contributed by atoms with Gasteiger partial charge in [0, 0.05) is 18.5 Å². The first-order valence-corrected chi connectivity index (χ1v) is 6.78. The molecule has 3 nitrogen and oxygen atoms in total. The lowest BCUT2D eigenvalue weighted by Gasteiger charge is -2.13. The third kappa shape index (κ3) is 5.52. The summed E-state index contributed by atoms with van der Waals surface area (Å²) in [6.45, 7) is 3.74. The van der Waals surface area contributed by atoms with Crippen LogP contribution in [0.25, 0.3) is 0 Å². The van der Waals surface area contributed by atoms with Crippen LogP contribution in [0.5, 0.6) is 0 Å². The average molecular weight is 278 g/mol. The van der Waals surface area contributed by atoms with Gasteiger partial charge in [-0.1, -0.05) is 22.9 Å². The maximum absolute atomic E-state index is 11.5. The lowest BCUT2D eigenvalue weighted by atomic mass is 10.1. The van der Waals surface area contributed by atoms with E-state index in [9.17, 15) is 4.79 Å². The second kappa shape index (κ2) is 7.23. The topological polar surface area (TPSA) is 38.3 Å². The summed E-state index contributed by atoms with van der Waals surface area (Å²) < 4.78 is 5.41. The minimum atomic E-state index is 0.128. The number of nitrogens with one attached hydrogen (secondary N) is 1. The van der Waals surface area contributed by atoms with Gasteiger partial charge in [0.25, 0.3) is 0 Å². The minimum Gasteiger partial charge on any atom is -0.378 e. The Balaban J connectivity index is 2.07. The molecule has 0 aliphatic carbocycles. The van der Waals surface area contributed by atoms with Crippen LogP contribution in [0.1, 0.15) is 32.6 Å². The van der Waals surface area contributed by atoms with Gasteiger partial charge in [0.2, 0.25) is 5.91 Å². The Morgan fingerprint density at radius 1 is 1.67 bits per heavy atom. The molecular weight excluding hydrogens is 258 g/mol. The number of halogens is 1. The van der Waals surface area contributed by atoms with Gasteiger partial charge in [0.05, 0.1) is 12.5 Å². The molecule has 2 unspecified atom stereocenters. The van der Waals surface area contributed by atoms with E-state index in [-0.39, 0.29) is 12.0 Å². The number of amides is 1. The van der Waals surface area contributed by atoms with Gasteiger partial charge in [-0.15, -0.1) is 0 Å². The summed E-state index contributed by atoms with van der Waals surface area (Å²) in [6.07, 6.45) is 3.92. The number of hydrogen-bond donors (Lipinski definition) is 1. The van der Waals surface area contributed by atoms with E-state index in [1.807, 2.05) is 0 Å². The Hall–Kier alpha value is -0.0900. The van der Waals surface area contributed by atoms with Gasteiger partial charge in [-0.05, 0) is 25.2 Å². The van der Waals surface area contributed by atoms with Crippen molar-refractivity contribution >= 4 is 21.8 Å². The first kappa shape index (κ1) is 13.0. The fourth-order valence-electron chi connectivity index (χ4n) is 1.66. The Kier molecular flexibility index (Phi) is 6.25. The summed E-state index contributed by atoms with van der Waals surface area (Å²) in [5, 5.41) is 3.95. The van der Waals surface area contributed by atoms with Gasteiger partial charge < -0.3 is 10.1 Å². The van der Waals surface area contributed by atoms with E-state index >= 15 is 0 Å². The second-order valence-electron chi connectivity index (χ2n) is 4.23. The Morgan fingerprint density at radius 3 is 3.07 bits per heavy atom. The first-order valence-electron chi connectivity index (χ1n) is 5.66. The molecule has 15 heavy (non-hydrogen) atoms. The predicted octanol–water partition coefficient (Wildman–Crippen LogP) is 2.09. The SMILES string of the molecule is CC(CCBr)CNC(=O)CC1CCCO1. The molecule has 88 valence electrons. The molecule has 1 heterocycles. The highest BCUT2D eigenvalue weighted by Crippen LogP contribution is 2.14. The largest absolute Gasteiger partial charge is 0.378 e. The van der Waals surface area contributed by atoms with E-state index < -0.39 is 0 Å². The van der Waals surface area contributed by atoms with E-state index in [0.29, 0.717) is 12.3 Å². The molecule has 1 saturated heterocycles. The molecule has 1 aliphatic rings. The summed E-state index contributed by atoms with van der Waals surface area (Å²) in [7, 11) is 0. The van der Waals surface area contributed by atoms with Gasteiger partial charge in [0.15, 0.2) is 0 Å². The maximum Gasteiger partial charge on any atom is 0.222 e. The minimum absolute atomic E-state index is 0.128. The zero-order chi connectivity index (χ0) is 11.1. The van der Waals surface area contributed by atoms with Crippen LogP contribution in [0.15, 0.2) is 0 Å². The molecule has 0 aromatic heterocycles. The summed E-state index contributed by atoms with van der Waals surface area (Å²) in [5.41, 5.74) is 0. The number of hydrogen-bond acceptors (Lipinski definition) is 2. The number of ether oxygens (including phenoxy) is 1. The van der Waals surface area contributed by atoms with Crippen molar-refractivity contribution in [3.63, 3.8) is 0 Å². The molecule has 4 heteroatoms. The number of carbonyl (C=O) groups is 1. The van der Waals surface area contributed by atoms with Crippen molar-refractivity contribution in [1.29, 1.82) is 0 Å². The van der Waals surface area contributed by atoms with Crippen molar-refractivity contribution in [2.45, 2.75) is 38.7 Å². The number of carbonyl (C=O) groups excluding carboxylic acids is 1. The third-order valence-electron chi connectivity index (χ3n) is 2.69. The number of rotatable bonds is 6. The third-order valence-corrected chi connectivity index (χ3v) is 3.14. The molecule has 2 atom stereocenters. The summed E-state index contributed by atoms with van der Waals surface area (Å²) in [5.74, 6) is 0.668. The molecule has 1 rings (SSSR count). The summed E-state index contributed by atoms with van der Waals surface area (Å²) in [4.78, 5) is 11.5. The highest BCUT2D eigenvalue weighted by atomic mass is 79.9. The molecule has 0 aromatic rings. The van der Waals surface area contributed by atoms with Crippen LogP contribution in [0.4, 0.5) is 0 Å². The van der Waals surface area contributed by atoms with Crippen LogP contribution in [0, 0.1) is 5.92 Å². The van der Waals surface area contributed by atoms with E-state index in [2.05, 4.69) is 28.2 Å². The highest BCUT2D eigenvalue weighted by molar-refractivity contribution is 9.09. The van der Waals surface area contributed by atoms with Gasteiger partial charge in [-0.3, -0.25) is 4.79 Å². The molecule has 0 bridgehead atoms. The molecule has 0 aromatic carbocycles. The fourth-order valence-corrected chi connectivity index (χ4v) is 2.44. The Bertz CT molecular complexity index is 193. The van der Waals surface area contributed by atoms with Gasteiger partial charge in [-0.2, -0.15) is 0 Å². The van der Waals surface area contributed by atoms with Gasteiger partial charge in [-0.25, -0.2) is 0 Å². The van der Waals surface area contributed by atoms with Crippen LogP contribution in [-0.2, 0) is 9.53 Å². The summed E-state index contributed by atoms with van der Waals surface area (Å²) in [6, 6.07) is 0. The van der Waals surface area contributed by atoms with E-state index in [0.717, 1.165) is 37.7 Å². The average Bonchev–Trinajstić information content (AvgIpc) is 2.68. The molecule has 1 fully saturated rings. The van der Waals surface area contributed by atoms with Crippen molar-refractivity contribution in [1.82, 2.24) is 5.32 Å². The molecule has 0 radical (unpaired) electrons. The molecule has 0 spiro atoms. The Labute approximate surface area is 100 Å². The number of alkyl halides is 1. The lowest BCUT2D eigenvalue weighted by molar-refractivity contribution is -0.123. The van der Waals surface area contributed by atoms with Crippen LogP contribution < -0.4 is 5.32 Å². The van der Waals surface area contributed by atoms with Gasteiger partial charge >= 0.3 is 0 Å². The molecule has 0 saturated carbocycles. The smallest absolute Gasteiger partial charge is 0.222 e. The Morgan fingerprint density at radius 2 is 2.47 bits per heavy atom. The van der Waals surface area contributed by atoms with E-state index in [1.54, 1.807) is 0 Å². The zero-order valence-corrected chi connectivity index (χ0v) is 10.9. The predicted molar refractivity (Wildman–Crippen MR) is 64.2 cm³/mol. The molecule has 1 amide bonds. The van der Waals surface area contributed by atoms with E-state index in [4.69, 9.17) is 4.74 Å². The normalized spacial score (nSPS) is 22.7. The van der Waals surface area contributed by atoms with Crippen LogP contribution in [0.2, 0.25) is 0 Å². The van der Waals surface area contributed by atoms with Crippen molar-refractivity contribution in [2.75, 3.05) is 18.5 Å². The summed E-state index contributed by atoms with van der Waals surface area (Å²) >= 11 is 3.40. The van der Waals surface area contributed by atoms with Crippen LogP contribution in [-0.4, -0.2) is 30.5 Å². The van der Waals surface area contributed by atoms with Crippen molar-refractivity contribution < 1.29 is 9.53 Å². The van der Waals surface area contributed by atoms with E-state index in [1.165, 1.54) is 0 Å². The first-order chi connectivity index (χ1) is 7.22. The second-order valence-corrected chi connectivity index (χ2v) is 5.02. The van der Waals surface area contributed by atoms with Crippen molar-refractivity contribution in [2.24, 2.45) is 5.92 Å².